The number of ketones is 1. The van der Waals surface area contributed by atoms with Crippen LogP contribution in [0, 0.1) is 6.92 Å². The van der Waals surface area contributed by atoms with E-state index in [9.17, 15) is 9.59 Å². The Balaban J connectivity index is 2.23. The third-order valence-corrected chi connectivity index (χ3v) is 3.38. The first kappa shape index (κ1) is 13.2. The van der Waals surface area contributed by atoms with Crippen molar-refractivity contribution in [1.82, 2.24) is 9.55 Å². The molecule has 4 heteroatoms. The molecule has 0 unspecified atom stereocenters. The number of carbonyl (C=O) groups excluding carboxylic acids is 2. The van der Waals surface area contributed by atoms with Gasteiger partial charge in [-0.2, -0.15) is 0 Å². The van der Waals surface area contributed by atoms with E-state index >= 15 is 0 Å². The minimum atomic E-state index is -0.242. The van der Waals surface area contributed by atoms with Gasteiger partial charge in [0.2, 0.25) is 0 Å². The third kappa shape index (κ3) is 2.25. The monoisotopic (exact) mass is 278 g/mol. The number of para-hydroxylation sites is 2. The molecular weight excluding hydrogens is 264 g/mol. The summed E-state index contributed by atoms with van der Waals surface area (Å²) in [5.41, 5.74) is 2.90. The number of nitrogens with zero attached hydrogens (tertiary/aromatic N) is 2. The molecule has 104 valence electrons. The van der Waals surface area contributed by atoms with Crippen LogP contribution in [0.5, 0.6) is 0 Å². The fourth-order valence-corrected chi connectivity index (χ4v) is 2.29. The molecule has 0 atom stereocenters. The van der Waals surface area contributed by atoms with Crippen LogP contribution in [0.15, 0.2) is 48.5 Å². The number of aromatic nitrogens is 2. The molecule has 21 heavy (non-hydrogen) atoms. The Morgan fingerprint density at radius 2 is 1.67 bits per heavy atom. The maximum absolute atomic E-state index is 12.7. The molecule has 0 amide bonds. The van der Waals surface area contributed by atoms with Gasteiger partial charge < -0.3 is 0 Å². The molecule has 0 aliphatic heterocycles. The van der Waals surface area contributed by atoms with E-state index in [0.717, 1.165) is 5.56 Å². The summed E-state index contributed by atoms with van der Waals surface area (Å²) in [6.07, 6.45) is 0. The Labute approximate surface area is 122 Å². The zero-order chi connectivity index (χ0) is 15.0. The smallest absolute Gasteiger partial charge is 0.264 e. The van der Waals surface area contributed by atoms with Crippen LogP contribution < -0.4 is 0 Å². The fourth-order valence-electron chi connectivity index (χ4n) is 2.29. The number of carbonyl (C=O) groups is 2. The van der Waals surface area contributed by atoms with Crippen molar-refractivity contribution in [2.75, 3.05) is 0 Å². The number of hydrogen-bond acceptors (Lipinski definition) is 3. The summed E-state index contributed by atoms with van der Waals surface area (Å²) in [6.45, 7) is 3.38. The lowest BCUT2D eigenvalue weighted by Crippen LogP contribution is -2.17. The average Bonchev–Trinajstić information content (AvgIpc) is 2.87. The minimum Gasteiger partial charge on any atom is -0.291 e. The summed E-state index contributed by atoms with van der Waals surface area (Å²) >= 11 is 0. The number of benzene rings is 2. The van der Waals surface area contributed by atoms with Gasteiger partial charge in [-0.15, -0.1) is 0 Å². The van der Waals surface area contributed by atoms with Crippen LogP contribution in [0.3, 0.4) is 0 Å². The standard InChI is InChI=1S/C17H14N2O2/c1-11-7-9-13(10-8-11)17(21)19-15-6-4-3-5-14(15)18-16(19)12(2)20/h3-10H,1-2H3. The van der Waals surface area contributed by atoms with Crippen molar-refractivity contribution < 1.29 is 9.59 Å². The highest BCUT2D eigenvalue weighted by Crippen LogP contribution is 2.18. The number of Topliss-reactive ketones (excluding diaryl/α,β-unsaturated/α-hetero) is 1. The molecule has 0 fully saturated rings. The lowest BCUT2D eigenvalue weighted by Gasteiger charge is -2.06. The number of imidazole rings is 1. The maximum atomic E-state index is 12.7. The van der Waals surface area contributed by atoms with Crippen molar-refractivity contribution in [3.63, 3.8) is 0 Å². The summed E-state index contributed by atoms with van der Waals surface area (Å²) in [7, 11) is 0. The Morgan fingerprint density at radius 3 is 2.33 bits per heavy atom. The topological polar surface area (TPSA) is 52.0 Å². The Bertz CT molecular complexity index is 845. The van der Waals surface area contributed by atoms with Crippen molar-refractivity contribution in [2.24, 2.45) is 0 Å². The van der Waals surface area contributed by atoms with E-state index in [0.29, 0.717) is 16.6 Å². The van der Waals surface area contributed by atoms with Crippen molar-refractivity contribution in [2.45, 2.75) is 13.8 Å². The lowest BCUT2D eigenvalue weighted by atomic mass is 10.1. The van der Waals surface area contributed by atoms with Gasteiger partial charge in [0.1, 0.15) is 0 Å². The second-order valence-corrected chi connectivity index (χ2v) is 4.99. The largest absolute Gasteiger partial charge is 0.291 e. The van der Waals surface area contributed by atoms with E-state index in [1.165, 1.54) is 11.5 Å². The molecule has 0 aliphatic rings. The SMILES string of the molecule is CC(=O)c1nc2ccccc2n1C(=O)c1ccc(C)cc1. The molecule has 1 heterocycles. The summed E-state index contributed by atoms with van der Waals surface area (Å²) in [6, 6.07) is 14.5. The molecule has 0 bridgehead atoms. The highest BCUT2D eigenvalue weighted by atomic mass is 16.2. The Hall–Kier alpha value is -2.75. The van der Waals surface area contributed by atoms with Crippen LogP contribution in [0.1, 0.15) is 33.5 Å². The molecule has 0 aliphatic carbocycles. The summed E-state index contributed by atoms with van der Waals surface area (Å²) in [5, 5.41) is 0. The van der Waals surface area contributed by atoms with Crippen molar-refractivity contribution in [1.29, 1.82) is 0 Å². The van der Waals surface area contributed by atoms with Crippen LogP contribution in [-0.2, 0) is 0 Å². The van der Waals surface area contributed by atoms with Gasteiger partial charge in [-0.1, -0.05) is 29.8 Å². The van der Waals surface area contributed by atoms with E-state index in [1.54, 1.807) is 24.3 Å². The molecule has 1 aromatic heterocycles. The normalized spacial score (nSPS) is 10.8. The first-order valence-electron chi connectivity index (χ1n) is 6.67. The second-order valence-electron chi connectivity index (χ2n) is 4.99. The Kier molecular flexibility index (Phi) is 3.14. The number of aryl methyl sites for hydroxylation is 1. The zero-order valence-corrected chi connectivity index (χ0v) is 11.8. The van der Waals surface area contributed by atoms with Gasteiger partial charge >= 0.3 is 0 Å². The molecule has 3 aromatic rings. The van der Waals surface area contributed by atoms with E-state index in [-0.39, 0.29) is 17.5 Å². The van der Waals surface area contributed by atoms with Crippen LogP contribution in [-0.4, -0.2) is 21.2 Å². The molecule has 2 aromatic carbocycles. The molecule has 3 rings (SSSR count). The summed E-state index contributed by atoms with van der Waals surface area (Å²) < 4.78 is 1.39. The molecule has 0 radical (unpaired) electrons. The molecule has 0 saturated heterocycles. The highest BCUT2D eigenvalue weighted by molar-refractivity contribution is 6.07. The maximum Gasteiger partial charge on any atom is 0.264 e. The van der Waals surface area contributed by atoms with Crippen LogP contribution in [0.25, 0.3) is 11.0 Å². The van der Waals surface area contributed by atoms with Gasteiger partial charge in [0.05, 0.1) is 11.0 Å². The van der Waals surface area contributed by atoms with E-state index in [1.807, 2.05) is 31.2 Å². The molecule has 0 spiro atoms. The fraction of sp³-hybridized carbons (Fsp3) is 0.118. The van der Waals surface area contributed by atoms with Crippen LogP contribution in [0.2, 0.25) is 0 Å². The van der Waals surface area contributed by atoms with Gasteiger partial charge in [-0.05, 0) is 31.2 Å². The lowest BCUT2D eigenvalue weighted by molar-refractivity contribution is 0.0928. The van der Waals surface area contributed by atoms with Crippen molar-refractivity contribution in [3.8, 4) is 0 Å². The minimum absolute atomic E-state index is 0.168. The summed E-state index contributed by atoms with van der Waals surface area (Å²) in [4.78, 5) is 28.8. The van der Waals surface area contributed by atoms with Gasteiger partial charge in [0.15, 0.2) is 11.6 Å². The van der Waals surface area contributed by atoms with Gasteiger partial charge in [-0.3, -0.25) is 14.2 Å². The van der Waals surface area contributed by atoms with Crippen LogP contribution in [0.4, 0.5) is 0 Å². The van der Waals surface area contributed by atoms with Gasteiger partial charge in [0.25, 0.3) is 5.91 Å². The molecule has 0 N–H and O–H groups in total. The second kappa shape index (κ2) is 4.98. The molecule has 4 nitrogen and oxygen atoms in total. The first-order valence-corrected chi connectivity index (χ1v) is 6.67. The van der Waals surface area contributed by atoms with Crippen LogP contribution >= 0.6 is 0 Å². The number of hydrogen-bond donors (Lipinski definition) is 0. The van der Waals surface area contributed by atoms with Crippen molar-refractivity contribution >= 4 is 22.7 Å². The number of fused-ring (bicyclic) bond motifs is 1. The van der Waals surface area contributed by atoms with E-state index in [2.05, 4.69) is 4.98 Å². The third-order valence-electron chi connectivity index (χ3n) is 3.38. The summed E-state index contributed by atoms with van der Waals surface area (Å²) in [5.74, 6) is -0.303. The van der Waals surface area contributed by atoms with Gasteiger partial charge in [-0.25, -0.2) is 4.98 Å². The zero-order valence-electron chi connectivity index (χ0n) is 11.8. The predicted molar refractivity (Wildman–Crippen MR) is 80.6 cm³/mol. The Morgan fingerprint density at radius 1 is 1.00 bits per heavy atom. The van der Waals surface area contributed by atoms with Gasteiger partial charge in [0, 0.05) is 12.5 Å². The van der Waals surface area contributed by atoms with Crippen molar-refractivity contribution in [3.05, 3.63) is 65.5 Å². The van der Waals surface area contributed by atoms with E-state index in [4.69, 9.17) is 0 Å². The molecule has 0 saturated carbocycles. The average molecular weight is 278 g/mol. The number of rotatable bonds is 2. The highest BCUT2D eigenvalue weighted by Gasteiger charge is 2.20. The first-order chi connectivity index (χ1) is 10.1. The van der Waals surface area contributed by atoms with E-state index < -0.39 is 0 Å². The molecular formula is C17H14N2O2. The predicted octanol–water partition coefficient (Wildman–Crippen LogP) is 3.24. The quantitative estimate of drug-likeness (QED) is 0.676.